The van der Waals surface area contributed by atoms with Crippen molar-refractivity contribution in [3.8, 4) is 5.88 Å². The summed E-state index contributed by atoms with van der Waals surface area (Å²) in [5.74, 6) is 1.12. The first-order chi connectivity index (χ1) is 11.7. The van der Waals surface area contributed by atoms with E-state index >= 15 is 0 Å². The van der Waals surface area contributed by atoms with Crippen LogP contribution in [0.4, 0.5) is 5.82 Å². The first-order valence-electron chi connectivity index (χ1n) is 8.34. The maximum absolute atomic E-state index is 6.07. The number of likely N-dealkylation sites (tertiary alicyclic amines) is 1. The molecule has 0 saturated carbocycles. The molecule has 3 rings (SSSR count). The van der Waals surface area contributed by atoms with E-state index < -0.39 is 0 Å². The van der Waals surface area contributed by atoms with E-state index in [0.717, 1.165) is 13.0 Å². The standard InChI is InChI=1S/C17H22Cl2N4O/c1-24-17-16(20-6-2-3-7-23-8-4-5-9-23)21-14-10-12(18)13(19)11-15(14)22-17/h10-11H,2-9H2,1H3,(H,20,21). The third-order valence-corrected chi connectivity index (χ3v) is 4.98. The normalized spacial score (nSPS) is 15.1. The zero-order valence-electron chi connectivity index (χ0n) is 13.8. The number of benzene rings is 1. The molecule has 0 radical (unpaired) electrons. The van der Waals surface area contributed by atoms with Gasteiger partial charge in [0.1, 0.15) is 0 Å². The van der Waals surface area contributed by atoms with Crippen LogP contribution in [0.1, 0.15) is 25.7 Å². The number of ether oxygens (including phenoxy) is 1. The average molecular weight is 369 g/mol. The maximum Gasteiger partial charge on any atom is 0.257 e. The number of halogens is 2. The van der Waals surface area contributed by atoms with Crippen molar-refractivity contribution in [1.29, 1.82) is 0 Å². The van der Waals surface area contributed by atoms with Gasteiger partial charge in [0.05, 0.1) is 28.2 Å². The Kier molecular flexibility index (Phi) is 5.98. The summed E-state index contributed by atoms with van der Waals surface area (Å²) < 4.78 is 5.34. The smallest absolute Gasteiger partial charge is 0.257 e. The molecular formula is C17H22Cl2N4O. The van der Waals surface area contributed by atoms with Gasteiger partial charge in [-0.25, -0.2) is 9.97 Å². The van der Waals surface area contributed by atoms with Crippen LogP contribution in [0, 0.1) is 0 Å². The topological polar surface area (TPSA) is 50.3 Å². The van der Waals surface area contributed by atoms with Gasteiger partial charge in [-0.1, -0.05) is 23.2 Å². The quantitative estimate of drug-likeness (QED) is 0.740. The third-order valence-electron chi connectivity index (χ3n) is 4.26. The van der Waals surface area contributed by atoms with Crippen molar-refractivity contribution in [2.75, 3.05) is 38.6 Å². The molecule has 7 heteroatoms. The molecule has 1 N–H and O–H groups in total. The minimum absolute atomic E-state index is 0.461. The molecule has 1 aromatic carbocycles. The molecular weight excluding hydrogens is 347 g/mol. The van der Waals surface area contributed by atoms with E-state index in [4.69, 9.17) is 27.9 Å². The molecule has 2 aromatic rings. The van der Waals surface area contributed by atoms with E-state index in [2.05, 4.69) is 20.2 Å². The lowest BCUT2D eigenvalue weighted by atomic mass is 10.3. The molecule has 2 heterocycles. The fourth-order valence-electron chi connectivity index (χ4n) is 2.97. The summed E-state index contributed by atoms with van der Waals surface area (Å²) >= 11 is 12.1. The van der Waals surface area contributed by atoms with Gasteiger partial charge in [-0.3, -0.25) is 0 Å². The van der Waals surface area contributed by atoms with Crippen LogP contribution in [0.15, 0.2) is 12.1 Å². The second kappa shape index (κ2) is 8.19. The van der Waals surface area contributed by atoms with Crippen molar-refractivity contribution in [1.82, 2.24) is 14.9 Å². The Balaban J connectivity index is 1.61. The summed E-state index contributed by atoms with van der Waals surface area (Å²) in [5.41, 5.74) is 1.37. The number of methoxy groups -OCH3 is 1. The average Bonchev–Trinajstić information content (AvgIpc) is 3.08. The zero-order valence-corrected chi connectivity index (χ0v) is 15.3. The highest BCUT2D eigenvalue weighted by molar-refractivity contribution is 6.42. The number of aromatic nitrogens is 2. The van der Waals surface area contributed by atoms with Gasteiger partial charge in [-0.15, -0.1) is 0 Å². The number of nitrogens with one attached hydrogen (secondary N) is 1. The second-order valence-electron chi connectivity index (χ2n) is 6.02. The summed E-state index contributed by atoms with van der Waals surface area (Å²) in [6.45, 7) is 4.52. The Morgan fingerprint density at radius 2 is 1.75 bits per heavy atom. The van der Waals surface area contributed by atoms with E-state index in [1.807, 2.05) is 0 Å². The Hall–Kier alpha value is -1.30. The minimum Gasteiger partial charge on any atom is -0.478 e. The van der Waals surface area contributed by atoms with Gasteiger partial charge in [0, 0.05) is 6.54 Å². The van der Waals surface area contributed by atoms with Crippen LogP contribution in [-0.4, -0.2) is 48.2 Å². The third kappa shape index (κ3) is 4.21. The SMILES string of the molecule is COc1nc2cc(Cl)c(Cl)cc2nc1NCCCCN1CCCC1. The minimum atomic E-state index is 0.461. The molecule has 1 aliphatic rings. The highest BCUT2D eigenvalue weighted by Crippen LogP contribution is 2.29. The number of hydrogen-bond acceptors (Lipinski definition) is 5. The van der Waals surface area contributed by atoms with Crippen molar-refractivity contribution < 1.29 is 4.74 Å². The predicted molar refractivity (Wildman–Crippen MR) is 99.5 cm³/mol. The van der Waals surface area contributed by atoms with Gasteiger partial charge in [0.2, 0.25) is 0 Å². The molecule has 0 amide bonds. The van der Waals surface area contributed by atoms with E-state index in [1.54, 1.807) is 19.2 Å². The predicted octanol–water partition coefficient (Wildman–Crippen LogP) is 4.23. The molecule has 0 unspecified atom stereocenters. The molecule has 0 aliphatic carbocycles. The lowest BCUT2D eigenvalue weighted by molar-refractivity contribution is 0.331. The molecule has 1 aliphatic heterocycles. The van der Waals surface area contributed by atoms with Gasteiger partial charge >= 0.3 is 0 Å². The van der Waals surface area contributed by atoms with E-state index in [1.165, 1.54) is 38.9 Å². The molecule has 1 aromatic heterocycles. The maximum atomic E-state index is 6.07. The number of nitrogens with zero attached hydrogens (tertiary/aromatic N) is 3. The molecule has 0 bridgehead atoms. The van der Waals surface area contributed by atoms with Crippen LogP contribution in [-0.2, 0) is 0 Å². The summed E-state index contributed by atoms with van der Waals surface area (Å²) in [6, 6.07) is 3.43. The van der Waals surface area contributed by atoms with Gasteiger partial charge in [-0.2, -0.15) is 0 Å². The number of fused-ring (bicyclic) bond motifs is 1. The Morgan fingerprint density at radius 3 is 2.42 bits per heavy atom. The first kappa shape index (κ1) is 17.5. The van der Waals surface area contributed by atoms with Crippen LogP contribution in [0.2, 0.25) is 10.0 Å². The second-order valence-corrected chi connectivity index (χ2v) is 6.83. The molecule has 24 heavy (non-hydrogen) atoms. The molecule has 0 atom stereocenters. The summed E-state index contributed by atoms with van der Waals surface area (Å²) in [4.78, 5) is 11.6. The molecule has 130 valence electrons. The van der Waals surface area contributed by atoms with Gasteiger partial charge in [0.15, 0.2) is 5.82 Å². The van der Waals surface area contributed by atoms with E-state index in [0.29, 0.717) is 32.8 Å². The number of anilines is 1. The van der Waals surface area contributed by atoms with Crippen LogP contribution in [0.25, 0.3) is 11.0 Å². The Labute approximate surface area is 152 Å². The first-order valence-corrected chi connectivity index (χ1v) is 9.10. The van der Waals surface area contributed by atoms with Crippen molar-refractivity contribution in [2.45, 2.75) is 25.7 Å². The highest BCUT2D eigenvalue weighted by atomic mass is 35.5. The monoisotopic (exact) mass is 368 g/mol. The van der Waals surface area contributed by atoms with Crippen LogP contribution >= 0.6 is 23.2 Å². The largest absolute Gasteiger partial charge is 0.478 e. The Bertz CT molecular complexity index is 705. The summed E-state index contributed by atoms with van der Waals surface area (Å²) in [7, 11) is 1.59. The van der Waals surface area contributed by atoms with Crippen LogP contribution in [0.3, 0.4) is 0 Å². The lowest BCUT2D eigenvalue weighted by Crippen LogP contribution is -2.21. The van der Waals surface area contributed by atoms with Crippen LogP contribution < -0.4 is 10.1 Å². The van der Waals surface area contributed by atoms with Gasteiger partial charge in [-0.05, 0) is 57.5 Å². The number of unbranched alkanes of at least 4 members (excludes halogenated alkanes) is 1. The lowest BCUT2D eigenvalue weighted by Gasteiger charge is -2.14. The van der Waals surface area contributed by atoms with Gasteiger partial charge < -0.3 is 15.0 Å². The van der Waals surface area contributed by atoms with Crippen LogP contribution in [0.5, 0.6) is 5.88 Å². The number of rotatable bonds is 7. The Morgan fingerprint density at radius 1 is 1.08 bits per heavy atom. The fraction of sp³-hybridized carbons (Fsp3) is 0.529. The fourth-order valence-corrected chi connectivity index (χ4v) is 3.28. The molecule has 1 fully saturated rings. The molecule has 5 nitrogen and oxygen atoms in total. The summed E-state index contributed by atoms with van der Waals surface area (Å²) in [6.07, 6.45) is 4.95. The molecule has 1 saturated heterocycles. The van der Waals surface area contributed by atoms with Crippen molar-refractivity contribution in [2.24, 2.45) is 0 Å². The van der Waals surface area contributed by atoms with Gasteiger partial charge in [0.25, 0.3) is 5.88 Å². The van der Waals surface area contributed by atoms with Crippen molar-refractivity contribution >= 4 is 40.1 Å². The molecule has 0 spiro atoms. The van der Waals surface area contributed by atoms with E-state index in [-0.39, 0.29) is 0 Å². The van der Waals surface area contributed by atoms with Crippen molar-refractivity contribution in [3.63, 3.8) is 0 Å². The van der Waals surface area contributed by atoms with E-state index in [9.17, 15) is 0 Å². The summed E-state index contributed by atoms with van der Waals surface area (Å²) in [5, 5.41) is 4.26. The zero-order chi connectivity index (χ0) is 16.9. The van der Waals surface area contributed by atoms with Crippen molar-refractivity contribution in [3.05, 3.63) is 22.2 Å². The number of hydrogen-bond donors (Lipinski definition) is 1. The highest BCUT2D eigenvalue weighted by Gasteiger charge is 2.12.